The minimum absolute atomic E-state index is 0.00197. The van der Waals surface area contributed by atoms with Gasteiger partial charge in [0.2, 0.25) is 11.8 Å². The molecule has 1 aliphatic rings. The maximum Gasteiger partial charge on any atom is 0.246 e. The maximum absolute atomic E-state index is 12.6. The molecule has 1 heterocycles. The topological polar surface area (TPSA) is 49.4 Å². The maximum atomic E-state index is 12.6. The minimum Gasteiger partial charge on any atom is -0.324 e. The number of rotatable bonds is 4. The van der Waals surface area contributed by atoms with Gasteiger partial charge in [0, 0.05) is 5.69 Å². The summed E-state index contributed by atoms with van der Waals surface area (Å²) in [6.07, 6.45) is 0. The van der Waals surface area contributed by atoms with E-state index in [1.165, 1.54) is 5.56 Å². The van der Waals surface area contributed by atoms with Gasteiger partial charge < -0.3 is 10.2 Å². The number of benzene rings is 2. The van der Waals surface area contributed by atoms with Crippen molar-refractivity contribution in [1.29, 1.82) is 0 Å². The predicted octanol–water partition coefficient (Wildman–Crippen LogP) is 3.90. The molecule has 2 amide bonds. The van der Waals surface area contributed by atoms with Crippen LogP contribution in [0.5, 0.6) is 0 Å². The number of hydrogen-bond donors (Lipinski definition) is 1. The summed E-state index contributed by atoms with van der Waals surface area (Å²) in [5.41, 5.74) is 4.11. The lowest BCUT2D eigenvalue weighted by Crippen LogP contribution is -2.44. The van der Waals surface area contributed by atoms with E-state index in [2.05, 4.69) is 5.32 Å². The standard InChI is InChI=1S/C20H22N2O2S/c1-13-4-8-16(9-5-13)20-22(18(23)12-25-20)15(3)19(24)21-17-10-6-14(2)7-11-17/h4-11,15,20H,12H2,1-3H3,(H,21,24)/t15-,20-/m0/s1. The average Bonchev–Trinajstić information content (AvgIpc) is 2.98. The summed E-state index contributed by atoms with van der Waals surface area (Å²) in [5, 5.41) is 2.79. The number of hydrogen-bond acceptors (Lipinski definition) is 3. The molecule has 1 aliphatic heterocycles. The molecule has 0 spiro atoms. The number of nitrogens with one attached hydrogen (secondary N) is 1. The van der Waals surface area contributed by atoms with Crippen molar-refractivity contribution in [3.63, 3.8) is 0 Å². The van der Waals surface area contributed by atoms with Crippen molar-refractivity contribution in [2.24, 2.45) is 0 Å². The van der Waals surface area contributed by atoms with Crippen LogP contribution in [0.3, 0.4) is 0 Å². The van der Waals surface area contributed by atoms with Crippen molar-refractivity contribution >= 4 is 29.3 Å². The van der Waals surface area contributed by atoms with Gasteiger partial charge in [-0.2, -0.15) is 0 Å². The number of amides is 2. The van der Waals surface area contributed by atoms with E-state index in [-0.39, 0.29) is 17.2 Å². The lowest BCUT2D eigenvalue weighted by atomic mass is 10.1. The average molecular weight is 354 g/mol. The fraction of sp³-hybridized carbons (Fsp3) is 0.300. The molecule has 5 heteroatoms. The van der Waals surface area contributed by atoms with E-state index in [1.54, 1.807) is 23.6 Å². The van der Waals surface area contributed by atoms with Crippen LogP contribution >= 0.6 is 11.8 Å². The van der Waals surface area contributed by atoms with Crippen LogP contribution in [0, 0.1) is 13.8 Å². The predicted molar refractivity (Wildman–Crippen MR) is 102 cm³/mol. The molecule has 25 heavy (non-hydrogen) atoms. The molecule has 0 bridgehead atoms. The van der Waals surface area contributed by atoms with Crippen LogP contribution in [0.1, 0.15) is 29.0 Å². The van der Waals surface area contributed by atoms with Crippen LogP contribution in [0.2, 0.25) is 0 Å². The van der Waals surface area contributed by atoms with Gasteiger partial charge in [0.25, 0.3) is 0 Å². The van der Waals surface area contributed by atoms with Gasteiger partial charge in [-0.1, -0.05) is 47.5 Å². The third-order valence-corrected chi connectivity index (χ3v) is 5.61. The van der Waals surface area contributed by atoms with Crippen molar-refractivity contribution in [2.75, 3.05) is 11.1 Å². The molecule has 0 aliphatic carbocycles. The number of carbonyl (C=O) groups excluding carboxylic acids is 2. The van der Waals surface area contributed by atoms with Gasteiger partial charge >= 0.3 is 0 Å². The Morgan fingerprint density at radius 1 is 1.08 bits per heavy atom. The summed E-state index contributed by atoms with van der Waals surface area (Å²) in [7, 11) is 0. The Kier molecular flexibility index (Phi) is 5.13. The number of carbonyl (C=O) groups is 2. The first-order valence-corrected chi connectivity index (χ1v) is 9.37. The molecule has 0 aromatic heterocycles. The van der Waals surface area contributed by atoms with E-state index < -0.39 is 6.04 Å². The third-order valence-electron chi connectivity index (χ3n) is 4.38. The minimum atomic E-state index is -0.532. The number of thioether (sulfide) groups is 1. The summed E-state index contributed by atoms with van der Waals surface area (Å²) in [6, 6.07) is 15.2. The van der Waals surface area contributed by atoms with Crippen LogP contribution in [0.4, 0.5) is 5.69 Å². The Morgan fingerprint density at radius 3 is 2.24 bits per heavy atom. The second-order valence-corrected chi connectivity index (χ2v) is 7.47. The van der Waals surface area contributed by atoms with Gasteiger partial charge in [-0.15, -0.1) is 11.8 Å². The molecule has 2 aromatic rings. The van der Waals surface area contributed by atoms with Crippen LogP contribution in [0.25, 0.3) is 0 Å². The summed E-state index contributed by atoms with van der Waals surface area (Å²) in [4.78, 5) is 26.7. The molecule has 0 radical (unpaired) electrons. The Bertz CT molecular complexity index is 771. The largest absolute Gasteiger partial charge is 0.324 e. The van der Waals surface area contributed by atoms with Crippen molar-refractivity contribution in [2.45, 2.75) is 32.2 Å². The summed E-state index contributed by atoms with van der Waals surface area (Å²) in [6.45, 7) is 5.82. The first-order chi connectivity index (χ1) is 12.0. The van der Waals surface area contributed by atoms with Gasteiger partial charge in [-0.3, -0.25) is 9.59 Å². The van der Waals surface area contributed by atoms with E-state index in [4.69, 9.17) is 0 Å². The number of aryl methyl sites for hydroxylation is 2. The molecule has 4 nitrogen and oxygen atoms in total. The molecule has 1 fully saturated rings. The van der Waals surface area contributed by atoms with Gasteiger partial charge in [0.15, 0.2) is 0 Å². The molecule has 3 rings (SSSR count). The third kappa shape index (κ3) is 3.87. The molecular weight excluding hydrogens is 332 g/mol. The highest BCUT2D eigenvalue weighted by Gasteiger charge is 2.38. The van der Waals surface area contributed by atoms with Crippen molar-refractivity contribution in [1.82, 2.24) is 4.90 Å². The summed E-state index contributed by atoms with van der Waals surface area (Å²) < 4.78 is 0. The molecule has 2 aromatic carbocycles. The van der Waals surface area contributed by atoms with Crippen LogP contribution in [0.15, 0.2) is 48.5 Å². The van der Waals surface area contributed by atoms with Crippen molar-refractivity contribution in [3.8, 4) is 0 Å². The van der Waals surface area contributed by atoms with E-state index in [0.29, 0.717) is 5.75 Å². The number of nitrogens with zero attached hydrogens (tertiary/aromatic N) is 1. The molecule has 2 atom stereocenters. The zero-order valence-corrected chi connectivity index (χ0v) is 15.5. The zero-order valence-electron chi connectivity index (χ0n) is 14.7. The summed E-state index contributed by atoms with van der Waals surface area (Å²) in [5.74, 6) is 0.236. The Labute approximate surface area is 152 Å². The van der Waals surface area contributed by atoms with Gasteiger partial charge in [-0.05, 0) is 38.5 Å². The Morgan fingerprint density at radius 2 is 1.64 bits per heavy atom. The zero-order chi connectivity index (χ0) is 18.0. The SMILES string of the molecule is Cc1ccc(NC(=O)[C@H](C)N2C(=O)CS[C@H]2c2ccc(C)cc2)cc1. The highest BCUT2D eigenvalue weighted by Crippen LogP contribution is 2.40. The van der Waals surface area contributed by atoms with Crippen LogP contribution in [-0.4, -0.2) is 28.5 Å². The van der Waals surface area contributed by atoms with E-state index >= 15 is 0 Å². The second kappa shape index (κ2) is 7.31. The Balaban J connectivity index is 1.77. The monoisotopic (exact) mass is 354 g/mol. The van der Waals surface area contributed by atoms with Crippen molar-refractivity contribution in [3.05, 3.63) is 65.2 Å². The molecular formula is C20H22N2O2S. The first kappa shape index (κ1) is 17.5. The molecule has 1 saturated heterocycles. The lowest BCUT2D eigenvalue weighted by molar-refractivity contribution is -0.135. The van der Waals surface area contributed by atoms with Crippen LogP contribution in [-0.2, 0) is 9.59 Å². The molecule has 1 N–H and O–H groups in total. The van der Waals surface area contributed by atoms with Crippen molar-refractivity contribution < 1.29 is 9.59 Å². The van der Waals surface area contributed by atoms with E-state index in [1.807, 2.05) is 62.4 Å². The van der Waals surface area contributed by atoms with Crippen LogP contribution < -0.4 is 5.32 Å². The smallest absolute Gasteiger partial charge is 0.246 e. The van der Waals surface area contributed by atoms with Gasteiger partial charge in [0.1, 0.15) is 11.4 Å². The highest BCUT2D eigenvalue weighted by atomic mass is 32.2. The molecule has 0 saturated carbocycles. The number of anilines is 1. The quantitative estimate of drug-likeness (QED) is 0.906. The lowest BCUT2D eigenvalue weighted by Gasteiger charge is -2.29. The highest BCUT2D eigenvalue weighted by molar-refractivity contribution is 8.00. The first-order valence-electron chi connectivity index (χ1n) is 8.32. The Hall–Kier alpha value is -2.27. The normalized spacial score (nSPS) is 18.3. The fourth-order valence-corrected chi connectivity index (χ4v) is 4.11. The summed E-state index contributed by atoms with van der Waals surface area (Å²) >= 11 is 1.57. The molecule has 130 valence electrons. The van der Waals surface area contributed by atoms with E-state index in [9.17, 15) is 9.59 Å². The van der Waals surface area contributed by atoms with Gasteiger partial charge in [-0.25, -0.2) is 0 Å². The van der Waals surface area contributed by atoms with Gasteiger partial charge in [0.05, 0.1) is 5.75 Å². The second-order valence-electron chi connectivity index (χ2n) is 6.41. The van der Waals surface area contributed by atoms with E-state index in [0.717, 1.165) is 16.8 Å². The molecule has 0 unspecified atom stereocenters. The fourth-order valence-electron chi connectivity index (χ4n) is 2.85.